The molecule has 0 radical (unpaired) electrons. The fourth-order valence-electron chi connectivity index (χ4n) is 2.90. The Hall–Kier alpha value is -3.34. The molecule has 0 unspecified atom stereocenters. The highest BCUT2D eigenvalue weighted by Crippen LogP contribution is 2.26. The van der Waals surface area contributed by atoms with Crippen LogP contribution >= 0.6 is 0 Å². The second-order valence-corrected chi connectivity index (χ2v) is 6.21. The Bertz CT molecular complexity index is 982. The number of fused-ring (bicyclic) bond motifs is 1. The van der Waals surface area contributed by atoms with E-state index in [-0.39, 0.29) is 12.5 Å². The van der Waals surface area contributed by atoms with E-state index in [1.54, 1.807) is 6.21 Å². The molecule has 3 aromatic carbocycles. The number of carbonyl (C=O) groups is 1. The zero-order chi connectivity index (χ0) is 19.8. The average molecular weight is 376 g/mol. The second kappa shape index (κ2) is 9.55. The smallest absolute Gasteiger partial charge is 0.277 e. The summed E-state index contributed by atoms with van der Waals surface area (Å²) in [7, 11) is 0. The molecule has 3 aromatic rings. The molecular formula is C23H24N2O3. The van der Waals surface area contributed by atoms with Gasteiger partial charge in [-0.2, -0.15) is 5.10 Å². The molecule has 0 aromatic heterocycles. The number of rotatable bonds is 8. The topological polar surface area (TPSA) is 59.9 Å². The molecule has 0 saturated heterocycles. The summed E-state index contributed by atoms with van der Waals surface area (Å²) in [5, 5.41) is 6.19. The summed E-state index contributed by atoms with van der Waals surface area (Å²) in [5.74, 6) is 1.08. The highest BCUT2D eigenvalue weighted by Gasteiger charge is 2.07. The molecule has 144 valence electrons. The van der Waals surface area contributed by atoms with Crippen molar-refractivity contribution in [3.8, 4) is 11.5 Å². The lowest BCUT2D eigenvalue weighted by Crippen LogP contribution is -2.24. The predicted octanol–water partition coefficient (Wildman–Crippen LogP) is 4.33. The Balaban J connectivity index is 1.66. The summed E-state index contributed by atoms with van der Waals surface area (Å²) >= 11 is 0. The first-order chi connectivity index (χ1) is 13.7. The van der Waals surface area contributed by atoms with Crippen LogP contribution in [0.25, 0.3) is 10.8 Å². The Labute approximate surface area is 165 Å². The average Bonchev–Trinajstić information content (AvgIpc) is 2.74. The molecule has 0 aliphatic carbocycles. The molecule has 5 heteroatoms. The van der Waals surface area contributed by atoms with Crippen molar-refractivity contribution in [2.45, 2.75) is 20.3 Å². The van der Waals surface area contributed by atoms with Gasteiger partial charge in [0.25, 0.3) is 5.91 Å². The molecule has 0 bridgehead atoms. The number of hydrogen-bond donors (Lipinski definition) is 1. The van der Waals surface area contributed by atoms with Crippen LogP contribution in [0.15, 0.2) is 65.8 Å². The number of aryl methyl sites for hydroxylation is 1. The summed E-state index contributed by atoms with van der Waals surface area (Å²) in [6, 6.07) is 19.6. The van der Waals surface area contributed by atoms with Gasteiger partial charge in [0.05, 0.1) is 12.8 Å². The second-order valence-electron chi connectivity index (χ2n) is 6.21. The van der Waals surface area contributed by atoms with Crippen molar-refractivity contribution >= 4 is 22.9 Å². The van der Waals surface area contributed by atoms with Gasteiger partial charge in [-0.05, 0) is 47.9 Å². The van der Waals surface area contributed by atoms with Gasteiger partial charge in [-0.15, -0.1) is 0 Å². The molecule has 0 saturated carbocycles. The fourth-order valence-corrected chi connectivity index (χ4v) is 2.90. The van der Waals surface area contributed by atoms with E-state index in [1.165, 1.54) is 0 Å². The third-order valence-electron chi connectivity index (χ3n) is 4.29. The molecule has 0 atom stereocenters. The maximum absolute atomic E-state index is 12.1. The number of nitrogens with one attached hydrogen (secondary N) is 1. The lowest BCUT2D eigenvalue weighted by molar-refractivity contribution is -0.123. The van der Waals surface area contributed by atoms with Crippen molar-refractivity contribution in [3.05, 3.63) is 71.8 Å². The van der Waals surface area contributed by atoms with Gasteiger partial charge in [0, 0.05) is 5.56 Å². The van der Waals surface area contributed by atoms with Gasteiger partial charge in [-0.3, -0.25) is 4.79 Å². The Morgan fingerprint density at radius 3 is 2.71 bits per heavy atom. The number of hydrogen-bond acceptors (Lipinski definition) is 4. The van der Waals surface area contributed by atoms with Crippen molar-refractivity contribution in [2.75, 3.05) is 13.2 Å². The van der Waals surface area contributed by atoms with Crippen LogP contribution in [0.1, 0.15) is 25.0 Å². The largest absolute Gasteiger partial charge is 0.493 e. The van der Waals surface area contributed by atoms with Crippen LogP contribution in [0.5, 0.6) is 11.5 Å². The van der Waals surface area contributed by atoms with Crippen molar-refractivity contribution < 1.29 is 14.3 Å². The van der Waals surface area contributed by atoms with E-state index in [1.807, 2.05) is 67.6 Å². The van der Waals surface area contributed by atoms with E-state index in [0.717, 1.165) is 34.1 Å². The molecule has 5 nitrogen and oxygen atoms in total. The molecule has 1 amide bonds. The number of carbonyl (C=O) groups excluding carboxylic acids is 1. The number of nitrogens with zero attached hydrogens (tertiary/aromatic N) is 1. The quantitative estimate of drug-likeness (QED) is 0.470. The summed E-state index contributed by atoms with van der Waals surface area (Å²) in [6.07, 6.45) is 2.53. The Morgan fingerprint density at radius 1 is 1.04 bits per heavy atom. The maximum Gasteiger partial charge on any atom is 0.277 e. The van der Waals surface area contributed by atoms with E-state index in [0.29, 0.717) is 12.4 Å². The SMILES string of the molecule is CCOc1ccc2ccccc2c1C=NNC(=O)COc1cccc(CC)c1. The molecule has 0 spiro atoms. The molecule has 0 fully saturated rings. The van der Waals surface area contributed by atoms with Crippen LogP contribution < -0.4 is 14.9 Å². The van der Waals surface area contributed by atoms with E-state index in [2.05, 4.69) is 17.5 Å². The van der Waals surface area contributed by atoms with Crippen molar-refractivity contribution in [1.29, 1.82) is 0 Å². The van der Waals surface area contributed by atoms with Crippen molar-refractivity contribution in [2.24, 2.45) is 5.10 Å². The monoisotopic (exact) mass is 376 g/mol. The lowest BCUT2D eigenvalue weighted by Gasteiger charge is -2.10. The fraction of sp³-hybridized carbons (Fsp3) is 0.217. The van der Waals surface area contributed by atoms with Gasteiger partial charge >= 0.3 is 0 Å². The minimum atomic E-state index is -0.323. The lowest BCUT2D eigenvalue weighted by atomic mass is 10.0. The van der Waals surface area contributed by atoms with Crippen LogP contribution in [0.2, 0.25) is 0 Å². The Kier molecular flexibility index (Phi) is 6.63. The highest BCUT2D eigenvalue weighted by molar-refractivity contribution is 6.02. The van der Waals surface area contributed by atoms with Crippen LogP contribution in [-0.4, -0.2) is 25.3 Å². The normalized spacial score (nSPS) is 10.9. The first kappa shape index (κ1) is 19.4. The first-order valence-electron chi connectivity index (χ1n) is 9.39. The molecule has 0 heterocycles. The van der Waals surface area contributed by atoms with Gasteiger partial charge in [0.1, 0.15) is 11.5 Å². The van der Waals surface area contributed by atoms with Crippen molar-refractivity contribution in [1.82, 2.24) is 5.43 Å². The van der Waals surface area contributed by atoms with E-state index < -0.39 is 0 Å². The van der Waals surface area contributed by atoms with E-state index in [9.17, 15) is 4.79 Å². The number of amides is 1. The Morgan fingerprint density at radius 2 is 1.89 bits per heavy atom. The van der Waals surface area contributed by atoms with Gasteiger partial charge in [-0.25, -0.2) is 5.43 Å². The molecule has 0 aliphatic rings. The highest BCUT2D eigenvalue weighted by atomic mass is 16.5. The number of hydrazone groups is 1. The van der Waals surface area contributed by atoms with E-state index >= 15 is 0 Å². The number of ether oxygens (including phenoxy) is 2. The molecule has 0 aliphatic heterocycles. The van der Waals surface area contributed by atoms with Gasteiger partial charge in [0.2, 0.25) is 0 Å². The minimum absolute atomic E-state index is 0.0988. The molecule has 1 N–H and O–H groups in total. The van der Waals surface area contributed by atoms with Gasteiger partial charge in [-0.1, -0.05) is 49.4 Å². The summed E-state index contributed by atoms with van der Waals surface area (Å²) in [6.45, 7) is 4.46. The van der Waals surface area contributed by atoms with Gasteiger partial charge in [0.15, 0.2) is 6.61 Å². The minimum Gasteiger partial charge on any atom is -0.493 e. The van der Waals surface area contributed by atoms with Crippen LogP contribution in [0, 0.1) is 0 Å². The van der Waals surface area contributed by atoms with Crippen molar-refractivity contribution in [3.63, 3.8) is 0 Å². The first-order valence-corrected chi connectivity index (χ1v) is 9.39. The van der Waals surface area contributed by atoms with Crippen LogP contribution in [0.3, 0.4) is 0 Å². The molecular weight excluding hydrogens is 352 g/mol. The number of benzene rings is 3. The summed E-state index contributed by atoms with van der Waals surface area (Å²) in [4.78, 5) is 12.1. The maximum atomic E-state index is 12.1. The van der Waals surface area contributed by atoms with Gasteiger partial charge < -0.3 is 9.47 Å². The predicted molar refractivity (Wildman–Crippen MR) is 112 cm³/mol. The summed E-state index contributed by atoms with van der Waals surface area (Å²) < 4.78 is 11.2. The third-order valence-corrected chi connectivity index (χ3v) is 4.29. The zero-order valence-corrected chi connectivity index (χ0v) is 16.1. The van der Waals surface area contributed by atoms with Crippen LogP contribution in [0.4, 0.5) is 0 Å². The zero-order valence-electron chi connectivity index (χ0n) is 16.1. The van der Waals surface area contributed by atoms with E-state index in [4.69, 9.17) is 9.47 Å². The molecule has 28 heavy (non-hydrogen) atoms. The summed E-state index contributed by atoms with van der Waals surface area (Å²) in [5.41, 5.74) is 4.51. The van der Waals surface area contributed by atoms with Crippen LogP contribution in [-0.2, 0) is 11.2 Å². The third kappa shape index (κ3) is 4.88. The standard InChI is InChI=1S/C23H24N2O3/c1-3-17-8-7-10-19(14-17)28-16-23(26)25-24-15-21-20-11-6-5-9-18(20)12-13-22(21)27-4-2/h5-15H,3-4,16H2,1-2H3,(H,25,26). The molecule has 3 rings (SSSR count).